The molecule has 0 spiro atoms. The number of rotatable bonds is 3. The van der Waals surface area contributed by atoms with Gasteiger partial charge in [0.15, 0.2) is 5.76 Å². The molecule has 164 valence electrons. The molecule has 5 atom stereocenters. The maximum Gasteiger partial charge on any atom is 0.239 e. The Kier molecular flexibility index (Phi) is 5.23. The van der Waals surface area contributed by atoms with Crippen molar-refractivity contribution in [2.75, 3.05) is 0 Å². The van der Waals surface area contributed by atoms with Gasteiger partial charge in [-0.15, -0.1) is 0 Å². The summed E-state index contributed by atoms with van der Waals surface area (Å²) in [6, 6.07) is 7.95. The van der Waals surface area contributed by atoms with Crippen LogP contribution in [0.5, 0.6) is 23.0 Å². The zero-order valence-corrected chi connectivity index (χ0v) is 16.2. The Balaban J connectivity index is 1.93. The van der Waals surface area contributed by atoms with Crippen molar-refractivity contribution in [1.82, 2.24) is 0 Å². The normalized spacial score (nSPS) is 26.1. The lowest BCUT2D eigenvalue weighted by Gasteiger charge is -2.38. The average Bonchev–Trinajstić information content (AvgIpc) is 2.72. The maximum atomic E-state index is 13.2. The number of hydrogen-bond donors (Lipinski definition) is 6. The highest BCUT2D eigenvalue weighted by Crippen LogP contribution is 2.39. The number of ether oxygens (including phenoxy) is 2. The predicted molar refractivity (Wildman–Crippen MR) is 106 cm³/mol. The van der Waals surface area contributed by atoms with Gasteiger partial charge in [0, 0.05) is 12.1 Å². The number of phenolic OH excluding ortho intramolecular Hbond substituents is 3. The summed E-state index contributed by atoms with van der Waals surface area (Å²) in [5.41, 5.74) is -0.999. The molecule has 10 nitrogen and oxygen atoms in total. The van der Waals surface area contributed by atoms with Crippen molar-refractivity contribution >= 4 is 11.0 Å². The van der Waals surface area contributed by atoms with E-state index < -0.39 is 47.6 Å². The van der Waals surface area contributed by atoms with E-state index in [1.165, 1.54) is 19.1 Å². The SMILES string of the molecule is C[C@@H]1O[C@H](Oc2c(-c3ccccc3O)oc3cc(O)cc(O)c3c2=O)[C@@H](O)[C@H](O)[C@H]1O. The van der Waals surface area contributed by atoms with Crippen LogP contribution < -0.4 is 10.2 Å². The minimum absolute atomic E-state index is 0.0539. The van der Waals surface area contributed by atoms with E-state index in [1.807, 2.05) is 0 Å². The van der Waals surface area contributed by atoms with Gasteiger partial charge in [-0.3, -0.25) is 4.79 Å². The first-order chi connectivity index (χ1) is 14.7. The van der Waals surface area contributed by atoms with E-state index in [2.05, 4.69) is 0 Å². The van der Waals surface area contributed by atoms with Gasteiger partial charge in [-0.1, -0.05) is 12.1 Å². The molecule has 1 aliphatic rings. The molecule has 0 aliphatic carbocycles. The number of phenols is 3. The molecular weight excluding hydrogens is 412 g/mol. The Labute approximate surface area is 174 Å². The van der Waals surface area contributed by atoms with Crippen LogP contribution in [0.2, 0.25) is 0 Å². The van der Waals surface area contributed by atoms with Crippen molar-refractivity contribution in [2.24, 2.45) is 0 Å². The molecule has 2 heterocycles. The molecule has 4 rings (SSSR count). The molecule has 31 heavy (non-hydrogen) atoms. The smallest absolute Gasteiger partial charge is 0.239 e. The fourth-order valence-electron chi connectivity index (χ4n) is 3.45. The van der Waals surface area contributed by atoms with Gasteiger partial charge in [0.25, 0.3) is 0 Å². The summed E-state index contributed by atoms with van der Waals surface area (Å²) in [7, 11) is 0. The van der Waals surface area contributed by atoms with Crippen molar-refractivity contribution in [2.45, 2.75) is 37.6 Å². The lowest BCUT2D eigenvalue weighted by molar-refractivity contribution is -0.268. The van der Waals surface area contributed by atoms with Crippen molar-refractivity contribution in [1.29, 1.82) is 0 Å². The van der Waals surface area contributed by atoms with Crippen LogP contribution in [0.25, 0.3) is 22.3 Å². The van der Waals surface area contributed by atoms with E-state index in [-0.39, 0.29) is 33.8 Å². The Bertz CT molecular complexity index is 1190. The minimum Gasteiger partial charge on any atom is -0.508 e. The number of fused-ring (bicyclic) bond motifs is 1. The third-order valence-corrected chi connectivity index (χ3v) is 5.11. The first-order valence-electron chi connectivity index (χ1n) is 9.36. The second-order valence-electron chi connectivity index (χ2n) is 7.24. The predicted octanol–water partition coefficient (Wildman–Crippen LogP) is 0.783. The van der Waals surface area contributed by atoms with Gasteiger partial charge in [0.05, 0.1) is 11.7 Å². The van der Waals surface area contributed by atoms with Crippen LogP contribution in [0.3, 0.4) is 0 Å². The number of aromatic hydroxyl groups is 3. The minimum atomic E-state index is -1.72. The highest BCUT2D eigenvalue weighted by Gasteiger charge is 2.44. The van der Waals surface area contributed by atoms with Crippen molar-refractivity contribution < 1.29 is 44.5 Å². The molecule has 0 saturated carbocycles. The summed E-state index contributed by atoms with van der Waals surface area (Å²) in [6.45, 7) is 1.44. The quantitative estimate of drug-likeness (QED) is 0.348. The molecule has 3 aromatic rings. The molecule has 1 fully saturated rings. The summed E-state index contributed by atoms with van der Waals surface area (Å²) in [6.07, 6.45) is -7.22. The number of para-hydroxylation sites is 1. The summed E-state index contributed by atoms with van der Waals surface area (Å²) in [5, 5.41) is 60.1. The fraction of sp³-hybridized carbons (Fsp3) is 0.286. The molecule has 0 radical (unpaired) electrons. The highest BCUT2D eigenvalue weighted by molar-refractivity contribution is 5.88. The maximum absolute atomic E-state index is 13.2. The van der Waals surface area contributed by atoms with Gasteiger partial charge in [-0.2, -0.15) is 0 Å². The Hall–Kier alpha value is -3.31. The molecule has 1 saturated heterocycles. The topological polar surface area (TPSA) is 170 Å². The van der Waals surface area contributed by atoms with Gasteiger partial charge >= 0.3 is 0 Å². The van der Waals surface area contributed by atoms with E-state index in [1.54, 1.807) is 12.1 Å². The molecule has 6 N–H and O–H groups in total. The van der Waals surface area contributed by atoms with E-state index in [0.717, 1.165) is 12.1 Å². The molecule has 2 aromatic carbocycles. The van der Waals surface area contributed by atoms with Gasteiger partial charge < -0.3 is 44.5 Å². The van der Waals surface area contributed by atoms with Gasteiger partial charge in [0.2, 0.25) is 17.5 Å². The van der Waals surface area contributed by atoms with Crippen LogP contribution in [-0.2, 0) is 4.74 Å². The molecule has 0 unspecified atom stereocenters. The van der Waals surface area contributed by atoms with Gasteiger partial charge in [-0.25, -0.2) is 0 Å². The summed E-state index contributed by atoms with van der Waals surface area (Å²) < 4.78 is 16.7. The highest BCUT2D eigenvalue weighted by atomic mass is 16.7. The van der Waals surface area contributed by atoms with Gasteiger partial charge in [0.1, 0.15) is 46.5 Å². The second kappa shape index (κ2) is 7.75. The average molecular weight is 432 g/mol. The third kappa shape index (κ3) is 3.55. The lowest BCUT2D eigenvalue weighted by Crippen LogP contribution is -2.58. The van der Waals surface area contributed by atoms with Crippen LogP contribution in [0.4, 0.5) is 0 Å². The van der Waals surface area contributed by atoms with E-state index in [0.29, 0.717) is 0 Å². The summed E-state index contributed by atoms with van der Waals surface area (Å²) in [5.74, 6) is -1.97. The number of aliphatic hydroxyl groups excluding tert-OH is 3. The third-order valence-electron chi connectivity index (χ3n) is 5.11. The van der Waals surface area contributed by atoms with E-state index in [9.17, 15) is 35.4 Å². The lowest BCUT2D eigenvalue weighted by atomic mass is 10.00. The zero-order valence-electron chi connectivity index (χ0n) is 16.2. The first kappa shape index (κ1) is 20.9. The van der Waals surface area contributed by atoms with Crippen molar-refractivity contribution in [3.63, 3.8) is 0 Å². The second-order valence-corrected chi connectivity index (χ2v) is 7.24. The fourth-order valence-corrected chi connectivity index (χ4v) is 3.45. The standard InChI is InChI=1S/C21H20O10/c1-8-15(25)17(27)18(28)21(29-8)31-20-16(26)14-12(24)6-9(22)7-13(14)30-19(20)10-4-2-3-5-11(10)23/h2-8,15,17-18,21-25,27-28H,1H3/t8-,15-,17+,18-,21+/m0/s1. The monoisotopic (exact) mass is 432 g/mol. The number of aliphatic hydroxyl groups is 3. The molecular formula is C21H20O10. The molecule has 10 heteroatoms. The molecule has 0 amide bonds. The number of benzene rings is 2. The number of hydrogen-bond acceptors (Lipinski definition) is 10. The summed E-state index contributed by atoms with van der Waals surface area (Å²) >= 11 is 0. The van der Waals surface area contributed by atoms with Crippen LogP contribution in [0.15, 0.2) is 45.6 Å². The summed E-state index contributed by atoms with van der Waals surface area (Å²) in [4.78, 5) is 13.2. The molecule has 0 bridgehead atoms. The van der Waals surface area contributed by atoms with Gasteiger partial charge in [-0.05, 0) is 19.1 Å². The Morgan fingerprint density at radius 1 is 0.935 bits per heavy atom. The molecule has 1 aliphatic heterocycles. The van der Waals surface area contributed by atoms with Crippen LogP contribution in [-0.4, -0.2) is 61.3 Å². The molecule has 1 aromatic heterocycles. The Morgan fingerprint density at radius 2 is 1.65 bits per heavy atom. The largest absolute Gasteiger partial charge is 0.508 e. The van der Waals surface area contributed by atoms with E-state index in [4.69, 9.17) is 13.9 Å². The van der Waals surface area contributed by atoms with Crippen molar-refractivity contribution in [3.05, 3.63) is 46.6 Å². The Morgan fingerprint density at radius 3 is 2.35 bits per heavy atom. The van der Waals surface area contributed by atoms with Crippen LogP contribution in [0, 0.1) is 0 Å². The van der Waals surface area contributed by atoms with Crippen LogP contribution >= 0.6 is 0 Å². The van der Waals surface area contributed by atoms with Crippen molar-refractivity contribution in [3.8, 4) is 34.3 Å². The first-order valence-corrected chi connectivity index (χ1v) is 9.36. The van der Waals surface area contributed by atoms with E-state index >= 15 is 0 Å². The van der Waals surface area contributed by atoms with Crippen LogP contribution in [0.1, 0.15) is 6.92 Å². The zero-order chi connectivity index (χ0) is 22.4.